The third-order valence-corrected chi connectivity index (χ3v) is 4.03. The molecule has 6 nitrogen and oxygen atoms in total. The van der Waals surface area contributed by atoms with Gasteiger partial charge in [-0.25, -0.2) is 9.97 Å². The van der Waals surface area contributed by atoms with Crippen LogP contribution in [0, 0.1) is 11.3 Å². The van der Waals surface area contributed by atoms with Crippen molar-refractivity contribution in [3.63, 3.8) is 0 Å². The first-order chi connectivity index (χ1) is 10.7. The predicted octanol–water partition coefficient (Wildman–Crippen LogP) is 1.79. The molecule has 1 aromatic rings. The van der Waals surface area contributed by atoms with Crippen molar-refractivity contribution in [2.24, 2.45) is 17.1 Å². The Morgan fingerprint density at radius 1 is 1.35 bits per heavy atom. The molecule has 1 saturated heterocycles. The van der Waals surface area contributed by atoms with Crippen LogP contribution in [0.3, 0.4) is 0 Å². The van der Waals surface area contributed by atoms with Gasteiger partial charge in [0.15, 0.2) is 0 Å². The van der Waals surface area contributed by atoms with E-state index in [2.05, 4.69) is 30.7 Å². The molecule has 1 atom stereocenters. The van der Waals surface area contributed by atoms with Gasteiger partial charge in [-0.15, -0.1) is 0 Å². The zero-order valence-corrected chi connectivity index (χ0v) is 14.2. The van der Waals surface area contributed by atoms with Crippen molar-refractivity contribution < 1.29 is 9.59 Å². The number of rotatable bonds is 4. The summed E-state index contributed by atoms with van der Waals surface area (Å²) < 4.78 is 0. The minimum absolute atomic E-state index is 0.00701. The SMILES string of the molecule is CC(C)(C)CC(=O)N1CCC[C@@H](Cc2cc(C(N)=O)ncn2)C1. The summed E-state index contributed by atoms with van der Waals surface area (Å²) in [6, 6.07) is 1.65. The smallest absolute Gasteiger partial charge is 0.267 e. The van der Waals surface area contributed by atoms with Gasteiger partial charge in [0, 0.05) is 25.2 Å². The van der Waals surface area contributed by atoms with Gasteiger partial charge in [0.1, 0.15) is 12.0 Å². The molecule has 1 aromatic heterocycles. The molecule has 1 fully saturated rings. The first-order valence-electron chi connectivity index (χ1n) is 8.13. The van der Waals surface area contributed by atoms with E-state index in [1.54, 1.807) is 6.07 Å². The van der Waals surface area contributed by atoms with Crippen LogP contribution in [0.4, 0.5) is 0 Å². The summed E-state index contributed by atoms with van der Waals surface area (Å²) in [4.78, 5) is 33.6. The van der Waals surface area contributed by atoms with E-state index in [1.165, 1.54) is 6.33 Å². The summed E-state index contributed by atoms with van der Waals surface area (Å²) in [6.07, 6.45) is 4.76. The van der Waals surface area contributed by atoms with Gasteiger partial charge in [-0.2, -0.15) is 0 Å². The molecule has 0 aliphatic carbocycles. The molecule has 0 spiro atoms. The molecular weight excluding hydrogens is 292 g/mol. The number of aromatic nitrogens is 2. The molecule has 0 radical (unpaired) electrons. The maximum atomic E-state index is 12.4. The molecule has 2 amide bonds. The quantitative estimate of drug-likeness (QED) is 0.916. The lowest BCUT2D eigenvalue weighted by Crippen LogP contribution is -2.41. The second-order valence-electron chi connectivity index (χ2n) is 7.55. The van der Waals surface area contributed by atoms with E-state index >= 15 is 0 Å². The largest absolute Gasteiger partial charge is 0.364 e. The van der Waals surface area contributed by atoms with Crippen molar-refractivity contribution in [2.75, 3.05) is 13.1 Å². The monoisotopic (exact) mass is 318 g/mol. The van der Waals surface area contributed by atoms with Crippen LogP contribution in [-0.4, -0.2) is 39.8 Å². The highest BCUT2D eigenvalue weighted by Gasteiger charge is 2.27. The standard InChI is InChI=1S/C17H26N4O2/c1-17(2,3)9-15(22)21-6-4-5-12(10-21)7-13-8-14(16(18)23)20-11-19-13/h8,11-12H,4-7,9-10H2,1-3H3,(H2,18,23)/t12-/m0/s1. The average molecular weight is 318 g/mol. The topological polar surface area (TPSA) is 89.2 Å². The number of carbonyl (C=O) groups is 2. The minimum atomic E-state index is -0.542. The molecule has 126 valence electrons. The number of hydrogen-bond donors (Lipinski definition) is 1. The number of hydrogen-bond acceptors (Lipinski definition) is 4. The van der Waals surface area contributed by atoms with Crippen molar-refractivity contribution in [1.82, 2.24) is 14.9 Å². The summed E-state index contributed by atoms with van der Waals surface area (Å²) in [6.45, 7) is 7.84. The molecule has 0 bridgehead atoms. The summed E-state index contributed by atoms with van der Waals surface area (Å²) >= 11 is 0. The number of carbonyl (C=O) groups excluding carboxylic acids is 2. The molecule has 6 heteroatoms. The molecule has 23 heavy (non-hydrogen) atoms. The number of nitrogens with two attached hydrogens (primary N) is 1. The van der Waals surface area contributed by atoms with Crippen LogP contribution in [-0.2, 0) is 11.2 Å². The lowest BCUT2D eigenvalue weighted by molar-refractivity contribution is -0.134. The lowest BCUT2D eigenvalue weighted by atomic mass is 9.89. The van der Waals surface area contributed by atoms with Gasteiger partial charge in [-0.3, -0.25) is 9.59 Å². The van der Waals surface area contributed by atoms with E-state index in [0.29, 0.717) is 12.3 Å². The highest BCUT2D eigenvalue weighted by Crippen LogP contribution is 2.24. The van der Waals surface area contributed by atoms with Crippen molar-refractivity contribution in [2.45, 2.75) is 46.5 Å². The zero-order chi connectivity index (χ0) is 17.0. The Bertz CT molecular complexity index is 580. The van der Waals surface area contributed by atoms with Crippen LogP contribution in [0.1, 0.15) is 56.2 Å². The van der Waals surface area contributed by atoms with Gasteiger partial charge >= 0.3 is 0 Å². The number of piperidine rings is 1. The second kappa shape index (κ2) is 7.06. The Morgan fingerprint density at radius 2 is 2.09 bits per heavy atom. The highest BCUT2D eigenvalue weighted by atomic mass is 16.2. The molecule has 0 unspecified atom stereocenters. The van der Waals surface area contributed by atoms with Crippen molar-refractivity contribution in [3.8, 4) is 0 Å². The third kappa shape index (κ3) is 5.30. The Hall–Kier alpha value is -1.98. The fourth-order valence-electron chi connectivity index (χ4n) is 2.96. The first-order valence-corrected chi connectivity index (χ1v) is 8.13. The Labute approximate surface area is 137 Å². The van der Waals surface area contributed by atoms with Crippen LogP contribution in [0.15, 0.2) is 12.4 Å². The second-order valence-corrected chi connectivity index (χ2v) is 7.55. The molecule has 0 aromatic carbocycles. The minimum Gasteiger partial charge on any atom is -0.364 e. The van der Waals surface area contributed by atoms with E-state index in [0.717, 1.165) is 38.0 Å². The van der Waals surface area contributed by atoms with Gasteiger partial charge in [0.2, 0.25) is 5.91 Å². The van der Waals surface area contributed by atoms with Crippen molar-refractivity contribution in [1.29, 1.82) is 0 Å². The summed E-state index contributed by atoms with van der Waals surface area (Å²) in [5, 5.41) is 0. The maximum Gasteiger partial charge on any atom is 0.267 e. The normalized spacial score (nSPS) is 18.7. The molecule has 2 N–H and O–H groups in total. The van der Waals surface area contributed by atoms with Crippen molar-refractivity contribution >= 4 is 11.8 Å². The highest BCUT2D eigenvalue weighted by molar-refractivity contribution is 5.90. The van der Waals surface area contributed by atoms with Gasteiger partial charge in [-0.05, 0) is 36.7 Å². The van der Waals surface area contributed by atoms with Crippen LogP contribution in [0.2, 0.25) is 0 Å². The summed E-state index contributed by atoms with van der Waals surface area (Å²) in [5.74, 6) is 0.0466. The van der Waals surface area contributed by atoms with Gasteiger partial charge in [0.25, 0.3) is 5.91 Å². The number of likely N-dealkylation sites (tertiary alicyclic amines) is 1. The van der Waals surface area contributed by atoms with E-state index in [-0.39, 0.29) is 17.0 Å². The molecular formula is C17H26N4O2. The van der Waals surface area contributed by atoms with Gasteiger partial charge in [0.05, 0.1) is 0 Å². The Kier molecular flexibility index (Phi) is 5.34. The molecule has 2 heterocycles. The summed E-state index contributed by atoms with van der Waals surface area (Å²) in [7, 11) is 0. The zero-order valence-electron chi connectivity index (χ0n) is 14.2. The third-order valence-electron chi connectivity index (χ3n) is 4.03. The van der Waals surface area contributed by atoms with Crippen molar-refractivity contribution in [3.05, 3.63) is 23.8 Å². The average Bonchev–Trinajstić information content (AvgIpc) is 2.46. The van der Waals surface area contributed by atoms with Gasteiger partial charge < -0.3 is 10.6 Å². The fourth-order valence-corrected chi connectivity index (χ4v) is 2.96. The van der Waals surface area contributed by atoms with E-state index in [9.17, 15) is 9.59 Å². The predicted molar refractivity (Wildman–Crippen MR) is 87.6 cm³/mol. The number of primary amides is 1. The molecule has 0 saturated carbocycles. The van der Waals surface area contributed by atoms with Gasteiger partial charge in [-0.1, -0.05) is 20.8 Å². The van der Waals surface area contributed by atoms with E-state index < -0.39 is 5.91 Å². The van der Waals surface area contributed by atoms with E-state index in [4.69, 9.17) is 5.73 Å². The van der Waals surface area contributed by atoms with Crippen LogP contribution in [0.25, 0.3) is 0 Å². The van der Waals surface area contributed by atoms with E-state index in [1.807, 2.05) is 4.90 Å². The molecule has 1 aliphatic rings. The van der Waals surface area contributed by atoms with Crippen LogP contribution in [0.5, 0.6) is 0 Å². The molecule has 1 aliphatic heterocycles. The number of amides is 2. The Balaban J connectivity index is 1.97. The Morgan fingerprint density at radius 3 is 2.74 bits per heavy atom. The number of nitrogens with zero attached hydrogens (tertiary/aromatic N) is 3. The summed E-state index contributed by atoms with van der Waals surface area (Å²) in [5.41, 5.74) is 6.31. The lowest BCUT2D eigenvalue weighted by Gasteiger charge is -2.34. The fraction of sp³-hybridized carbons (Fsp3) is 0.647. The maximum absolute atomic E-state index is 12.4. The van der Waals surface area contributed by atoms with Crippen LogP contribution < -0.4 is 5.73 Å². The molecule has 2 rings (SSSR count). The first kappa shape index (κ1) is 17.4. The van der Waals surface area contributed by atoms with Crippen LogP contribution >= 0.6 is 0 Å².